The highest BCUT2D eigenvalue weighted by Gasteiger charge is 2.62. The summed E-state index contributed by atoms with van der Waals surface area (Å²) >= 11 is 0. The van der Waals surface area contributed by atoms with Crippen molar-refractivity contribution in [1.82, 2.24) is 4.57 Å². The molecule has 5 rings (SSSR count). The van der Waals surface area contributed by atoms with Gasteiger partial charge in [-0.15, -0.1) is 0 Å². The van der Waals surface area contributed by atoms with E-state index in [1.54, 1.807) is 12.1 Å². The molecule has 2 atom stereocenters. The quantitative estimate of drug-likeness (QED) is 0.500. The molecule has 0 radical (unpaired) electrons. The van der Waals surface area contributed by atoms with Gasteiger partial charge in [-0.05, 0) is 36.6 Å². The highest BCUT2D eigenvalue weighted by atomic mass is 16.6. The van der Waals surface area contributed by atoms with Crippen molar-refractivity contribution >= 4 is 22.4 Å². The fourth-order valence-corrected chi connectivity index (χ4v) is 5.11. The maximum Gasteiger partial charge on any atom is 0.308 e. The first-order valence-electron chi connectivity index (χ1n) is 9.69. The Hall–Kier alpha value is -3.50. The molecule has 7 nitrogen and oxygen atoms in total. The molecule has 0 amide bonds. The largest absolute Gasteiger partial charge is 0.494 e. The van der Waals surface area contributed by atoms with Crippen molar-refractivity contribution in [2.75, 3.05) is 7.11 Å². The Morgan fingerprint density at radius 2 is 1.87 bits per heavy atom. The topological polar surface area (TPSA) is 85.3 Å². The Bertz CT molecular complexity index is 1270. The van der Waals surface area contributed by atoms with Crippen LogP contribution in [0, 0.1) is 6.57 Å². The van der Waals surface area contributed by atoms with Crippen LogP contribution in [0.1, 0.15) is 37.3 Å². The number of rotatable bonds is 3. The van der Waals surface area contributed by atoms with E-state index in [0.717, 1.165) is 10.8 Å². The van der Waals surface area contributed by atoms with Crippen molar-refractivity contribution in [1.29, 1.82) is 0 Å². The van der Waals surface area contributed by atoms with Crippen LogP contribution in [-0.2, 0) is 25.5 Å². The Morgan fingerprint density at radius 3 is 2.57 bits per heavy atom. The smallest absolute Gasteiger partial charge is 0.308 e. The standard InChI is InChI=1S/C23H20N2O5/c1-22-10-11-23(30-22,12-17(26)29-3)19-18(22)20(27)25(21(19)28)16-9-8-15(24-2)13-6-4-5-7-14(13)16/h4-9,27-28H,10-12H2,1,3H3. The van der Waals surface area contributed by atoms with Crippen molar-refractivity contribution in [3.05, 3.63) is 58.9 Å². The maximum atomic E-state index is 12.1. The van der Waals surface area contributed by atoms with E-state index >= 15 is 0 Å². The molecule has 7 heteroatoms. The monoisotopic (exact) mass is 404 g/mol. The lowest BCUT2D eigenvalue weighted by Gasteiger charge is -2.25. The van der Waals surface area contributed by atoms with E-state index in [0.29, 0.717) is 35.3 Å². The average Bonchev–Trinajstić information content (AvgIpc) is 3.31. The van der Waals surface area contributed by atoms with E-state index in [4.69, 9.17) is 16.0 Å². The molecule has 2 aromatic carbocycles. The fraction of sp³-hybridized carbons (Fsp3) is 0.304. The van der Waals surface area contributed by atoms with Gasteiger partial charge in [0.25, 0.3) is 0 Å². The normalized spacial score (nSPS) is 24.0. The third-order valence-corrected chi connectivity index (χ3v) is 6.43. The minimum absolute atomic E-state index is 0.0412. The molecule has 152 valence electrons. The van der Waals surface area contributed by atoms with Crippen LogP contribution in [0.3, 0.4) is 0 Å². The summed E-state index contributed by atoms with van der Waals surface area (Å²) in [6, 6.07) is 10.8. The minimum Gasteiger partial charge on any atom is -0.494 e. The number of fused-ring (bicyclic) bond motifs is 6. The van der Waals surface area contributed by atoms with E-state index in [1.165, 1.54) is 11.7 Å². The number of nitrogens with zero attached hydrogens (tertiary/aromatic N) is 2. The second-order valence-corrected chi connectivity index (χ2v) is 8.07. The van der Waals surface area contributed by atoms with Crippen molar-refractivity contribution < 1.29 is 24.5 Å². The lowest BCUT2D eigenvalue weighted by molar-refractivity contribution is -0.151. The van der Waals surface area contributed by atoms with Crippen molar-refractivity contribution in [2.45, 2.75) is 37.4 Å². The van der Waals surface area contributed by atoms with Gasteiger partial charge in [0, 0.05) is 0 Å². The van der Waals surface area contributed by atoms with Crippen LogP contribution in [0.4, 0.5) is 5.69 Å². The predicted octanol–water partition coefficient (Wildman–Crippen LogP) is 4.39. The molecule has 2 aliphatic rings. The third-order valence-electron chi connectivity index (χ3n) is 6.43. The summed E-state index contributed by atoms with van der Waals surface area (Å²) < 4.78 is 12.5. The van der Waals surface area contributed by atoms with Gasteiger partial charge >= 0.3 is 5.97 Å². The zero-order valence-electron chi connectivity index (χ0n) is 16.6. The van der Waals surface area contributed by atoms with Crippen LogP contribution in [-0.4, -0.2) is 27.9 Å². The van der Waals surface area contributed by atoms with Gasteiger partial charge in [-0.1, -0.05) is 30.3 Å². The van der Waals surface area contributed by atoms with Gasteiger partial charge in [0.05, 0.1) is 42.5 Å². The number of aromatic nitrogens is 1. The molecule has 0 spiro atoms. The summed E-state index contributed by atoms with van der Waals surface area (Å²) in [5.41, 5.74) is 0.161. The van der Waals surface area contributed by atoms with Crippen LogP contribution in [0.5, 0.6) is 11.8 Å². The molecule has 1 saturated heterocycles. The molecule has 0 saturated carbocycles. The lowest BCUT2D eigenvalue weighted by Crippen LogP contribution is -2.27. The van der Waals surface area contributed by atoms with Crippen molar-refractivity contribution in [2.24, 2.45) is 0 Å². The molecule has 2 unspecified atom stereocenters. The van der Waals surface area contributed by atoms with Crippen LogP contribution in [0.2, 0.25) is 0 Å². The zero-order chi connectivity index (χ0) is 21.3. The van der Waals surface area contributed by atoms with Crippen LogP contribution in [0.15, 0.2) is 36.4 Å². The van der Waals surface area contributed by atoms with Gasteiger partial charge in [-0.3, -0.25) is 9.36 Å². The Kier molecular flexibility index (Phi) is 3.71. The summed E-state index contributed by atoms with van der Waals surface area (Å²) in [5, 5.41) is 23.9. The van der Waals surface area contributed by atoms with E-state index in [-0.39, 0.29) is 18.2 Å². The van der Waals surface area contributed by atoms with Crippen molar-refractivity contribution in [3.63, 3.8) is 0 Å². The number of methoxy groups -OCH3 is 1. The first-order chi connectivity index (χ1) is 14.3. The number of carbonyl (C=O) groups is 1. The van der Waals surface area contributed by atoms with Crippen LogP contribution in [0.25, 0.3) is 21.3 Å². The number of hydrogen-bond donors (Lipinski definition) is 2. The van der Waals surface area contributed by atoms with Gasteiger partial charge in [-0.2, -0.15) is 0 Å². The maximum absolute atomic E-state index is 12.1. The fourth-order valence-electron chi connectivity index (χ4n) is 5.11. The Labute approximate surface area is 172 Å². The molecule has 2 bridgehead atoms. The Balaban J connectivity index is 1.79. The molecular weight excluding hydrogens is 384 g/mol. The van der Waals surface area contributed by atoms with Crippen LogP contribution >= 0.6 is 0 Å². The molecule has 3 aromatic rings. The summed E-state index contributed by atoms with van der Waals surface area (Å²) in [7, 11) is 1.32. The molecule has 3 heterocycles. The molecule has 1 aromatic heterocycles. The molecular formula is C23H20N2O5. The summed E-state index contributed by atoms with van der Waals surface area (Å²) in [6.07, 6.45) is 1.12. The molecule has 0 aliphatic carbocycles. The van der Waals surface area contributed by atoms with Gasteiger partial charge < -0.3 is 19.7 Å². The summed E-state index contributed by atoms with van der Waals surface area (Å²) in [6.45, 7) is 9.28. The highest BCUT2D eigenvalue weighted by molar-refractivity contribution is 6.00. The highest BCUT2D eigenvalue weighted by Crippen LogP contribution is 2.65. The number of benzene rings is 2. The van der Waals surface area contributed by atoms with Gasteiger partial charge in [0.15, 0.2) is 5.69 Å². The van der Waals surface area contributed by atoms with Crippen LogP contribution < -0.4 is 0 Å². The van der Waals surface area contributed by atoms with Crippen molar-refractivity contribution in [3.8, 4) is 17.4 Å². The predicted molar refractivity (Wildman–Crippen MR) is 109 cm³/mol. The lowest BCUT2D eigenvalue weighted by atomic mass is 9.78. The van der Waals surface area contributed by atoms with Gasteiger partial charge in [0.2, 0.25) is 11.8 Å². The summed E-state index contributed by atoms with van der Waals surface area (Å²) in [5.74, 6) is -0.710. The molecule has 2 N–H and O–H groups in total. The van der Waals surface area contributed by atoms with E-state index in [1.807, 2.05) is 31.2 Å². The minimum atomic E-state index is -1.03. The zero-order valence-corrected chi connectivity index (χ0v) is 16.6. The van der Waals surface area contributed by atoms with Gasteiger partial charge in [-0.25, -0.2) is 4.85 Å². The second kappa shape index (κ2) is 6.00. The second-order valence-electron chi connectivity index (χ2n) is 8.07. The first kappa shape index (κ1) is 18.5. The number of carbonyl (C=O) groups excluding carboxylic acids is 1. The third kappa shape index (κ3) is 2.20. The molecule has 2 aliphatic heterocycles. The number of ether oxygens (including phenoxy) is 2. The van der Waals surface area contributed by atoms with E-state index < -0.39 is 17.2 Å². The average molecular weight is 404 g/mol. The number of aromatic hydroxyl groups is 2. The van der Waals surface area contributed by atoms with E-state index in [2.05, 4.69) is 4.85 Å². The van der Waals surface area contributed by atoms with Gasteiger partial charge in [0.1, 0.15) is 5.60 Å². The number of hydrogen-bond acceptors (Lipinski definition) is 5. The van der Waals surface area contributed by atoms with E-state index in [9.17, 15) is 15.0 Å². The number of esters is 1. The first-order valence-corrected chi connectivity index (χ1v) is 9.69. The SMILES string of the molecule is [C-]#[N+]c1ccc(-n2c(O)c3c(c2O)C2(CC(=O)OC)CCC3(C)O2)c2ccccc12. The Morgan fingerprint density at radius 1 is 1.17 bits per heavy atom. The summed E-state index contributed by atoms with van der Waals surface area (Å²) in [4.78, 5) is 15.7. The molecule has 30 heavy (non-hydrogen) atoms. The molecule has 1 fully saturated rings.